The molecule has 0 aliphatic rings. The first-order valence-electron chi connectivity index (χ1n) is 6.78. The van der Waals surface area contributed by atoms with E-state index >= 15 is 0 Å². The maximum absolute atomic E-state index is 12.3. The Bertz CT molecular complexity index is 648. The highest BCUT2D eigenvalue weighted by Crippen LogP contribution is 2.27. The Morgan fingerprint density at radius 3 is 2.82 bits per heavy atom. The fraction of sp³-hybridized carbons (Fsp3) is 0.267. The molecule has 0 bridgehead atoms. The summed E-state index contributed by atoms with van der Waals surface area (Å²) in [5.74, 6) is 1.38. The SMILES string of the molecule is CCOc1ccccc1N(C)C(=O)Nc1cc(OC)ncn1. The van der Waals surface area contributed by atoms with Gasteiger partial charge in [0.15, 0.2) is 0 Å². The normalized spacial score (nSPS) is 9.95. The molecule has 0 fully saturated rings. The lowest BCUT2D eigenvalue weighted by Gasteiger charge is -2.20. The molecule has 2 rings (SSSR count). The first-order chi connectivity index (χ1) is 10.7. The van der Waals surface area contributed by atoms with Crippen molar-refractivity contribution in [1.82, 2.24) is 9.97 Å². The van der Waals surface area contributed by atoms with Crippen molar-refractivity contribution in [3.8, 4) is 11.6 Å². The maximum atomic E-state index is 12.3. The highest BCUT2D eigenvalue weighted by Gasteiger charge is 2.15. The summed E-state index contributed by atoms with van der Waals surface area (Å²) in [7, 11) is 3.16. The van der Waals surface area contributed by atoms with Gasteiger partial charge in [0, 0.05) is 13.1 Å². The standard InChI is InChI=1S/C15H18N4O3/c1-4-22-12-8-6-5-7-11(12)19(2)15(20)18-13-9-14(21-3)17-10-16-13/h5-10H,4H2,1-3H3,(H,16,17,18,20). The van der Waals surface area contributed by atoms with Crippen molar-refractivity contribution in [3.05, 3.63) is 36.7 Å². The minimum absolute atomic E-state index is 0.340. The number of hydrogen-bond donors (Lipinski definition) is 1. The van der Waals surface area contributed by atoms with Gasteiger partial charge in [-0.2, -0.15) is 0 Å². The lowest BCUT2D eigenvalue weighted by molar-refractivity contribution is 0.257. The van der Waals surface area contributed by atoms with Crippen LogP contribution in [0.2, 0.25) is 0 Å². The van der Waals surface area contributed by atoms with Crippen molar-refractivity contribution >= 4 is 17.5 Å². The molecule has 0 radical (unpaired) electrons. The quantitative estimate of drug-likeness (QED) is 0.918. The topological polar surface area (TPSA) is 76.6 Å². The Morgan fingerprint density at radius 2 is 2.09 bits per heavy atom. The molecule has 0 aliphatic carbocycles. The highest BCUT2D eigenvalue weighted by molar-refractivity contribution is 6.01. The molecule has 116 valence electrons. The van der Waals surface area contributed by atoms with E-state index in [1.165, 1.54) is 18.3 Å². The summed E-state index contributed by atoms with van der Waals surface area (Å²) in [6.45, 7) is 2.42. The van der Waals surface area contributed by atoms with E-state index in [2.05, 4.69) is 15.3 Å². The van der Waals surface area contributed by atoms with Crippen LogP contribution >= 0.6 is 0 Å². The van der Waals surface area contributed by atoms with E-state index in [1.54, 1.807) is 13.1 Å². The van der Waals surface area contributed by atoms with Gasteiger partial charge in [-0.05, 0) is 19.1 Å². The molecule has 0 unspecified atom stereocenters. The molecule has 1 heterocycles. The smallest absolute Gasteiger partial charge is 0.327 e. The Morgan fingerprint density at radius 1 is 1.32 bits per heavy atom. The first-order valence-corrected chi connectivity index (χ1v) is 6.78. The fourth-order valence-corrected chi connectivity index (χ4v) is 1.83. The van der Waals surface area contributed by atoms with E-state index in [0.717, 1.165) is 0 Å². The Kier molecular flexibility index (Phi) is 5.13. The number of nitrogens with one attached hydrogen (secondary N) is 1. The summed E-state index contributed by atoms with van der Waals surface area (Å²) < 4.78 is 10.5. The molecule has 22 heavy (non-hydrogen) atoms. The molecule has 7 nitrogen and oxygen atoms in total. The summed E-state index contributed by atoms with van der Waals surface area (Å²) in [6, 6.07) is 8.53. The number of aromatic nitrogens is 2. The van der Waals surface area contributed by atoms with E-state index < -0.39 is 0 Å². The minimum Gasteiger partial charge on any atom is -0.492 e. The number of benzene rings is 1. The van der Waals surface area contributed by atoms with Crippen molar-refractivity contribution < 1.29 is 14.3 Å². The number of nitrogens with zero attached hydrogens (tertiary/aromatic N) is 3. The van der Waals surface area contributed by atoms with Crippen molar-refractivity contribution in [2.75, 3.05) is 31.0 Å². The Balaban J connectivity index is 2.15. The fourth-order valence-electron chi connectivity index (χ4n) is 1.83. The molecule has 2 amide bonds. The molecule has 1 aromatic carbocycles. The van der Waals surface area contributed by atoms with Gasteiger partial charge in [0.2, 0.25) is 5.88 Å². The van der Waals surface area contributed by atoms with E-state index in [4.69, 9.17) is 9.47 Å². The summed E-state index contributed by atoms with van der Waals surface area (Å²) in [5, 5.41) is 2.68. The van der Waals surface area contributed by atoms with Crippen molar-refractivity contribution in [2.24, 2.45) is 0 Å². The molecular formula is C15H18N4O3. The van der Waals surface area contributed by atoms with Gasteiger partial charge in [-0.3, -0.25) is 10.2 Å². The average Bonchev–Trinajstić information content (AvgIpc) is 2.55. The third-order valence-corrected chi connectivity index (χ3v) is 2.92. The van der Waals surface area contributed by atoms with Crippen LogP contribution in [0.1, 0.15) is 6.92 Å². The molecule has 2 aromatic rings. The van der Waals surface area contributed by atoms with E-state index in [-0.39, 0.29) is 6.03 Å². The number of rotatable bonds is 5. The number of urea groups is 1. The van der Waals surface area contributed by atoms with Crippen LogP contribution in [0, 0.1) is 0 Å². The van der Waals surface area contributed by atoms with Gasteiger partial charge in [-0.25, -0.2) is 14.8 Å². The second-order valence-corrected chi connectivity index (χ2v) is 4.34. The van der Waals surface area contributed by atoms with E-state index in [0.29, 0.717) is 29.7 Å². The molecule has 1 aromatic heterocycles. The second-order valence-electron chi connectivity index (χ2n) is 4.34. The summed E-state index contributed by atoms with van der Waals surface area (Å²) in [5.41, 5.74) is 0.669. The lowest BCUT2D eigenvalue weighted by atomic mass is 10.3. The molecule has 0 spiro atoms. The lowest BCUT2D eigenvalue weighted by Crippen LogP contribution is -2.31. The predicted octanol–water partition coefficient (Wildman–Crippen LogP) is 2.55. The molecule has 7 heteroatoms. The van der Waals surface area contributed by atoms with Gasteiger partial charge < -0.3 is 9.47 Å². The zero-order chi connectivity index (χ0) is 15.9. The minimum atomic E-state index is -0.340. The van der Waals surface area contributed by atoms with Crippen LogP contribution in [0.25, 0.3) is 0 Å². The molecule has 0 saturated heterocycles. The third kappa shape index (κ3) is 3.63. The van der Waals surface area contributed by atoms with Crippen LogP contribution in [0.5, 0.6) is 11.6 Å². The van der Waals surface area contributed by atoms with E-state index in [9.17, 15) is 4.79 Å². The monoisotopic (exact) mass is 302 g/mol. The Hall–Kier alpha value is -2.83. The highest BCUT2D eigenvalue weighted by atomic mass is 16.5. The van der Waals surface area contributed by atoms with Crippen molar-refractivity contribution in [3.63, 3.8) is 0 Å². The Labute approximate surface area is 128 Å². The van der Waals surface area contributed by atoms with Gasteiger partial charge in [0.25, 0.3) is 0 Å². The third-order valence-electron chi connectivity index (χ3n) is 2.92. The van der Waals surface area contributed by atoms with Gasteiger partial charge in [-0.15, -0.1) is 0 Å². The van der Waals surface area contributed by atoms with Crippen molar-refractivity contribution in [1.29, 1.82) is 0 Å². The van der Waals surface area contributed by atoms with Crippen LogP contribution in [0.3, 0.4) is 0 Å². The largest absolute Gasteiger partial charge is 0.492 e. The number of anilines is 2. The molecule has 0 aliphatic heterocycles. The van der Waals surface area contributed by atoms with Crippen LogP contribution in [-0.2, 0) is 0 Å². The molecule has 1 N–H and O–H groups in total. The summed E-state index contributed by atoms with van der Waals surface area (Å²) in [6.07, 6.45) is 1.32. The molecular weight excluding hydrogens is 284 g/mol. The van der Waals surface area contributed by atoms with Gasteiger partial charge >= 0.3 is 6.03 Å². The zero-order valence-corrected chi connectivity index (χ0v) is 12.7. The van der Waals surface area contributed by atoms with Gasteiger partial charge in [0.1, 0.15) is 17.9 Å². The van der Waals surface area contributed by atoms with Crippen LogP contribution in [0.15, 0.2) is 36.7 Å². The predicted molar refractivity (Wildman–Crippen MR) is 83.6 cm³/mol. The zero-order valence-electron chi connectivity index (χ0n) is 12.7. The second kappa shape index (κ2) is 7.26. The number of amides is 2. The average molecular weight is 302 g/mol. The number of ether oxygens (including phenoxy) is 2. The summed E-state index contributed by atoms with van der Waals surface area (Å²) in [4.78, 5) is 21.7. The number of carbonyl (C=O) groups excluding carboxylic acids is 1. The number of para-hydroxylation sites is 2. The number of hydrogen-bond acceptors (Lipinski definition) is 5. The van der Waals surface area contributed by atoms with Crippen molar-refractivity contribution in [2.45, 2.75) is 6.92 Å². The van der Waals surface area contributed by atoms with Gasteiger partial charge in [-0.1, -0.05) is 12.1 Å². The molecule has 0 saturated carbocycles. The van der Waals surface area contributed by atoms with Gasteiger partial charge in [0.05, 0.1) is 19.4 Å². The number of methoxy groups -OCH3 is 1. The van der Waals surface area contributed by atoms with E-state index in [1.807, 2.05) is 31.2 Å². The van der Waals surface area contributed by atoms with Crippen LogP contribution in [-0.4, -0.2) is 36.8 Å². The number of carbonyl (C=O) groups is 1. The summed E-state index contributed by atoms with van der Waals surface area (Å²) >= 11 is 0. The molecule has 0 atom stereocenters. The van der Waals surface area contributed by atoms with Crippen LogP contribution < -0.4 is 19.7 Å². The first kappa shape index (κ1) is 15.6. The van der Waals surface area contributed by atoms with Crippen LogP contribution in [0.4, 0.5) is 16.3 Å². The maximum Gasteiger partial charge on any atom is 0.327 e.